The number of rotatable bonds is 12. The van der Waals surface area contributed by atoms with Crippen LogP contribution in [0.1, 0.15) is 10.4 Å². The van der Waals surface area contributed by atoms with E-state index in [2.05, 4.69) is 25.8 Å². The molecule has 0 amide bonds. The van der Waals surface area contributed by atoms with E-state index in [9.17, 15) is 18.0 Å². The monoisotopic (exact) mass is 692 g/mol. The van der Waals surface area contributed by atoms with Crippen LogP contribution in [0.5, 0.6) is 11.5 Å². The van der Waals surface area contributed by atoms with Crippen LogP contribution in [0.15, 0.2) is 103 Å². The van der Waals surface area contributed by atoms with Gasteiger partial charge in [0.2, 0.25) is 21.4 Å². The molecule has 14 nitrogen and oxygen atoms in total. The number of fused-ring (bicyclic) bond motifs is 2. The van der Waals surface area contributed by atoms with Crippen molar-refractivity contribution in [2.75, 3.05) is 45.4 Å². The van der Waals surface area contributed by atoms with Gasteiger partial charge in [-0.05, 0) is 36.4 Å². The molecule has 0 fully saturated rings. The van der Waals surface area contributed by atoms with E-state index in [0.29, 0.717) is 5.69 Å². The van der Waals surface area contributed by atoms with E-state index in [4.69, 9.17) is 36.3 Å². The van der Waals surface area contributed by atoms with Crippen molar-refractivity contribution >= 4 is 72.8 Å². The number of nitrogens with two attached hydrogens (primary N) is 1. The highest BCUT2D eigenvalue weighted by atomic mass is 35.5. The van der Waals surface area contributed by atoms with E-state index in [-0.39, 0.29) is 61.0 Å². The van der Waals surface area contributed by atoms with E-state index in [1.165, 1.54) is 44.6 Å². The molecular formula is C32H29ClN6O8S. The normalized spacial score (nSPS) is 13.5. The Bertz CT molecular complexity index is 2080. The van der Waals surface area contributed by atoms with Crippen molar-refractivity contribution < 1.29 is 37.0 Å². The number of hydrogen-bond donors (Lipinski definition) is 2. The van der Waals surface area contributed by atoms with Crippen LogP contribution in [0.2, 0.25) is 0 Å². The molecule has 0 spiro atoms. The second-order valence-electron chi connectivity index (χ2n) is 10.0. The molecule has 0 unspecified atom stereocenters. The third kappa shape index (κ3) is 5.99. The summed E-state index contributed by atoms with van der Waals surface area (Å²) in [6.07, 6.45) is 0. The molecular weight excluding hydrogens is 664 g/mol. The van der Waals surface area contributed by atoms with Gasteiger partial charge in [0.1, 0.15) is 33.5 Å². The fourth-order valence-corrected chi connectivity index (χ4v) is 6.76. The zero-order valence-corrected chi connectivity index (χ0v) is 27.6. The van der Waals surface area contributed by atoms with Crippen molar-refractivity contribution in [2.24, 2.45) is 20.5 Å². The number of halogens is 1. The van der Waals surface area contributed by atoms with E-state index in [1.54, 1.807) is 42.5 Å². The van der Waals surface area contributed by atoms with Crippen LogP contribution < -0.4 is 20.5 Å². The number of ketones is 2. The van der Waals surface area contributed by atoms with Gasteiger partial charge in [-0.3, -0.25) is 9.59 Å². The molecule has 2 aliphatic heterocycles. The lowest BCUT2D eigenvalue weighted by Gasteiger charge is -2.27. The number of carbonyl (C=O) groups is 2. The Hall–Kier alpha value is -5.22. The molecule has 48 heavy (non-hydrogen) atoms. The highest BCUT2D eigenvalue weighted by Gasteiger charge is 2.48. The topological polar surface area (TPSA) is 193 Å². The SMILES string of the molecule is COc1cc2c(OC)cc1Nc1c(N=Nc3ccccc3N=Nc3cccc(N)c3C(=O)C(OC)(OC)C(=O)CCl)cccc1S2(=O)=O. The average Bonchev–Trinajstić information content (AvgIpc) is 3.10. The molecule has 0 aliphatic carbocycles. The molecule has 2 bridgehead atoms. The first-order chi connectivity index (χ1) is 23.1. The number of hydrogen-bond acceptors (Lipinski definition) is 14. The third-order valence-electron chi connectivity index (χ3n) is 7.41. The van der Waals surface area contributed by atoms with Gasteiger partial charge in [-0.1, -0.05) is 24.3 Å². The van der Waals surface area contributed by atoms with Crippen molar-refractivity contribution in [3.05, 3.63) is 78.4 Å². The summed E-state index contributed by atoms with van der Waals surface area (Å²) < 4.78 is 48.6. The summed E-state index contributed by atoms with van der Waals surface area (Å²) in [6, 6.07) is 18.6. The minimum absolute atomic E-state index is 0.00281. The molecule has 2 aliphatic rings. The number of alkyl halides is 1. The first-order valence-electron chi connectivity index (χ1n) is 14.0. The van der Waals surface area contributed by atoms with Crippen molar-refractivity contribution in [3.63, 3.8) is 0 Å². The average molecular weight is 693 g/mol. The molecule has 4 aromatic carbocycles. The van der Waals surface area contributed by atoms with Crippen LogP contribution in [0.25, 0.3) is 0 Å². The quantitative estimate of drug-likeness (QED) is 0.0344. The minimum atomic E-state index is -4.08. The van der Waals surface area contributed by atoms with Crippen LogP contribution >= 0.6 is 11.6 Å². The second-order valence-corrected chi connectivity index (χ2v) is 12.2. The summed E-state index contributed by atoms with van der Waals surface area (Å²) in [5.74, 6) is -4.21. The molecule has 0 saturated carbocycles. The standard InChI is InChI=1S/C32H29ClN6O8S/c1-44-24-16-27-25(45-2)15-23(24)35-30-22(13-8-14-26(30)48(27,42)43)39-37-20-11-6-5-10-19(20)36-38-21-12-7-9-18(34)29(21)31(41)32(46-3,47-4)28(40)17-33/h5-16,35H,17,34H2,1-4H3. The van der Waals surface area contributed by atoms with Crippen LogP contribution in [0.3, 0.4) is 0 Å². The van der Waals surface area contributed by atoms with Crippen molar-refractivity contribution in [3.8, 4) is 11.5 Å². The number of Topliss-reactive ketones (excluding diaryl/α,β-unsaturated/α-hetero) is 2. The van der Waals surface area contributed by atoms with Gasteiger partial charge >= 0.3 is 0 Å². The Balaban J connectivity index is 1.54. The van der Waals surface area contributed by atoms with E-state index >= 15 is 0 Å². The van der Waals surface area contributed by atoms with Gasteiger partial charge in [0.05, 0.1) is 47.6 Å². The number of para-hydroxylation sites is 1. The summed E-state index contributed by atoms with van der Waals surface area (Å²) in [6.45, 7) is 0. The van der Waals surface area contributed by atoms with Gasteiger partial charge in [-0.25, -0.2) is 8.42 Å². The number of methoxy groups -OCH3 is 4. The number of nitrogens with one attached hydrogen (secondary N) is 1. The van der Waals surface area contributed by atoms with Gasteiger partial charge in [0.25, 0.3) is 5.79 Å². The van der Waals surface area contributed by atoms with Gasteiger partial charge in [-0.15, -0.1) is 32.1 Å². The summed E-state index contributed by atoms with van der Waals surface area (Å²) in [5.41, 5.74) is 7.32. The van der Waals surface area contributed by atoms with E-state index in [0.717, 1.165) is 14.2 Å². The third-order valence-corrected chi connectivity index (χ3v) is 9.47. The van der Waals surface area contributed by atoms with Gasteiger partial charge in [0, 0.05) is 32.0 Å². The number of benzene rings is 4. The largest absolute Gasteiger partial charge is 0.495 e. The fraction of sp³-hybridized carbons (Fsp3) is 0.188. The Morgan fingerprint density at radius 3 is 1.94 bits per heavy atom. The number of carbonyl (C=O) groups excluding carboxylic acids is 2. The maximum absolute atomic E-state index is 13.7. The molecule has 0 radical (unpaired) electrons. The first-order valence-corrected chi connectivity index (χ1v) is 16.0. The predicted octanol–water partition coefficient (Wildman–Crippen LogP) is 6.99. The lowest BCUT2D eigenvalue weighted by molar-refractivity contribution is -0.182. The Kier molecular flexibility index (Phi) is 9.86. The number of sulfone groups is 1. The van der Waals surface area contributed by atoms with Crippen LogP contribution in [-0.4, -0.2) is 60.1 Å². The van der Waals surface area contributed by atoms with Gasteiger partial charge < -0.3 is 30.0 Å². The van der Waals surface area contributed by atoms with Crippen LogP contribution in [0.4, 0.5) is 39.8 Å². The molecule has 3 N–H and O–H groups in total. The number of nitrogen functional groups attached to an aromatic ring is 1. The lowest BCUT2D eigenvalue weighted by Crippen LogP contribution is -2.51. The lowest BCUT2D eigenvalue weighted by atomic mass is 9.97. The zero-order chi connectivity index (χ0) is 34.6. The minimum Gasteiger partial charge on any atom is -0.495 e. The molecule has 2 heterocycles. The summed E-state index contributed by atoms with van der Waals surface area (Å²) in [4.78, 5) is 26.1. The zero-order valence-electron chi connectivity index (χ0n) is 26.1. The number of nitrogens with zero attached hydrogens (tertiary/aromatic N) is 4. The van der Waals surface area contributed by atoms with Crippen molar-refractivity contribution in [1.82, 2.24) is 0 Å². The van der Waals surface area contributed by atoms with Gasteiger partial charge in [0.15, 0.2) is 0 Å². The second kappa shape index (κ2) is 13.9. The Labute approximate surface area is 280 Å². The van der Waals surface area contributed by atoms with Crippen molar-refractivity contribution in [2.45, 2.75) is 15.6 Å². The summed E-state index contributed by atoms with van der Waals surface area (Å²) in [7, 11) is 0.999. The molecule has 0 aromatic heterocycles. The molecule has 0 atom stereocenters. The molecule has 248 valence electrons. The molecule has 6 rings (SSSR count). The summed E-state index contributed by atoms with van der Waals surface area (Å²) in [5, 5.41) is 20.4. The van der Waals surface area contributed by atoms with E-state index < -0.39 is 33.1 Å². The Morgan fingerprint density at radius 1 is 0.771 bits per heavy atom. The number of anilines is 3. The van der Waals surface area contributed by atoms with Crippen molar-refractivity contribution in [1.29, 1.82) is 0 Å². The smallest absolute Gasteiger partial charge is 0.296 e. The Morgan fingerprint density at radius 2 is 1.33 bits per heavy atom. The molecule has 16 heteroatoms. The van der Waals surface area contributed by atoms with Crippen LogP contribution in [-0.2, 0) is 24.1 Å². The maximum atomic E-state index is 13.7. The fourth-order valence-electron chi connectivity index (χ4n) is 5.00. The molecule has 4 aromatic rings. The van der Waals surface area contributed by atoms with Gasteiger partial charge in [-0.2, -0.15) is 0 Å². The predicted molar refractivity (Wildman–Crippen MR) is 177 cm³/mol. The summed E-state index contributed by atoms with van der Waals surface area (Å²) >= 11 is 5.74. The van der Waals surface area contributed by atoms with E-state index in [1.807, 2.05) is 0 Å². The first kappa shape index (κ1) is 34.1. The number of azo groups is 2. The molecule has 0 saturated heterocycles. The maximum Gasteiger partial charge on any atom is 0.296 e. The highest BCUT2D eigenvalue weighted by Crippen LogP contribution is 2.47. The highest BCUT2D eigenvalue weighted by molar-refractivity contribution is 7.91. The van der Waals surface area contributed by atoms with Crippen LogP contribution in [0, 0.1) is 0 Å². The number of ether oxygens (including phenoxy) is 4.